The fourth-order valence-electron chi connectivity index (χ4n) is 4.62. The molecular weight excluding hydrogens is 312 g/mol. The molecular formula is C20H22N4O. The number of piperidine rings is 1. The Balaban J connectivity index is 1.68. The Labute approximate surface area is 146 Å². The van der Waals surface area contributed by atoms with Crippen LogP contribution in [0.4, 0.5) is 5.82 Å². The second-order valence-electron chi connectivity index (χ2n) is 7.50. The summed E-state index contributed by atoms with van der Waals surface area (Å²) in [4.78, 5) is 23.1. The summed E-state index contributed by atoms with van der Waals surface area (Å²) in [5, 5.41) is 5.42. The summed E-state index contributed by atoms with van der Waals surface area (Å²) in [6, 6.07) is 8.39. The lowest BCUT2D eigenvalue weighted by Gasteiger charge is -2.39. The van der Waals surface area contributed by atoms with E-state index < -0.39 is 0 Å². The van der Waals surface area contributed by atoms with Gasteiger partial charge in [-0.25, -0.2) is 4.98 Å². The Morgan fingerprint density at radius 1 is 1.24 bits per heavy atom. The maximum absolute atomic E-state index is 12.4. The van der Waals surface area contributed by atoms with Gasteiger partial charge < -0.3 is 15.2 Å². The Morgan fingerprint density at radius 2 is 2.12 bits per heavy atom. The molecule has 1 spiro atoms. The molecule has 1 amide bonds. The van der Waals surface area contributed by atoms with E-state index >= 15 is 0 Å². The van der Waals surface area contributed by atoms with Crippen LogP contribution < -0.4 is 10.2 Å². The lowest BCUT2D eigenvalue weighted by molar-refractivity contribution is -0.128. The average Bonchev–Trinajstić information content (AvgIpc) is 3.18. The first-order valence-corrected chi connectivity index (χ1v) is 9.07. The van der Waals surface area contributed by atoms with E-state index in [1.165, 1.54) is 10.8 Å². The Bertz CT molecular complexity index is 992. The number of carbonyl (C=O) groups excluding carboxylic acids is 1. The number of anilines is 1. The van der Waals surface area contributed by atoms with Crippen molar-refractivity contribution in [1.82, 2.24) is 15.3 Å². The van der Waals surface area contributed by atoms with E-state index in [-0.39, 0.29) is 11.3 Å². The summed E-state index contributed by atoms with van der Waals surface area (Å²) in [5.41, 5.74) is 3.21. The standard InChI is InChI=1S/C20H22N4O/c1-13-11-22-18(16-14-5-2-3-6-15(14)23-17(13)16)24-10-4-7-20(12-24)8-9-21-19(20)25/h2-3,5-6,11,23H,4,7-10,12H2,1H3,(H,21,25). The van der Waals surface area contributed by atoms with Crippen molar-refractivity contribution in [2.45, 2.75) is 26.2 Å². The van der Waals surface area contributed by atoms with E-state index in [0.29, 0.717) is 0 Å². The van der Waals surface area contributed by atoms with Crippen molar-refractivity contribution in [3.8, 4) is 0 Å². The molecule has 128 valence electrons. The second-order valence-corrected chi connectivity index (χ2v) is 7.50. The molecule has 5 rings (SSSR count). The lowest BCUT2D eigenvalue weighted by Crippen LogP contribution is -2.47. The van der Waals surface area contributed by atoms with Crippen LogP contribution in [0.2, 0.25) is 0 Å². The summed E-state index contributed by atoms with van der Waals surface area (Å²) in [6.07, 6.45) is 4.90. The highest BCUT2D eigenvalue weighted by atomic mass is 16.2. The van der Waals surface area contributed by atoms with Gasteiger partial charge in [-0.1, -0.05) is 18.2 Å². The molecule has 25 heavy (non-hydrogen) atoms. The van der Waals surface area contributed by atoms with Gasteiger partial charge in [-0.15, -0.1) is 0 Å². The first kappa shape index (κ1) is 14.8. The molecule has 0 aliphatic carbocycles. The largest absolute Gasteiger partial charge is 0.356 e. The van der Waals surface area contributed by atoms with Gasteiger partial charge in [-0.3, -0.25) is 4.79 Å². The average molecular weight is 334 g/mol. The molecule has 5 nitrogen and oxygen atoms in total. The number of aromatic nitrogens is 2. The zero-order valence-corrected chi connectivity index (χ0v) is 14.4. The lowest BCUT2D eigenvalue weighted by atomic mass is 9.78. The molecule has 1 atom stereocenters. The molecule has 0 bridgehead atoms. The van der Waals surface area contributed by atoms with Crippen LogP contribution in [0.15, 0.2) is 30.5 Å². The van der Waals surface area contributed by atoms with Crippen molar-refractivity contribution in [3.05, 3.63) is 36.0 Å². The van der Waals surface area contributed by atoms with Crippen molar-refractivity contribution < 1.29 is 4.79 Å². The number of hydrogen-bond donors (Lipinski definition) is 2. The van der Waals surface area contributed by atoms with Crippen LogP contribution in [0.1, 0.15) is 24.8 Å². The summed E-state index contributed by atoms with van der Waals surface area (Å²) in [5.74, 6) is 1.23. The molecule has 2 aliphatic rings. The highest BCUT2D eigenvalue weighted by molar-refractivity contribution is 6.13. The van der Waals surface area contributed by atoms with Gasteiger partial charge in [0.15, 0.2) is 0 Å². The predicted molar refractivity (Wildman–Crippen MR) is 99.8 cm³/mol. The van der Waals surface area contributed by atoms with Gasteiger partial charge in [-0.05, 0) is 37.8 Å². The zero-order valence-electron chi connectivity index (χ0n) is 14.4. The van der Waals surface area contributed by atoms with Gasteiger partial charge in [0, 0.05) is 36.7 Å². The van der Waals surface area contributed by atoms with Gasteiger partial charge in [0.25, 0.3) is 0 Å². The van der Waals surface area contributed by atoms with Crippen LogP contribution in [-0.2, 0) is 4.79 Å². The third kappa shape index (κ3) is 2.08. The Hall–Kier alpha value is -2.56. The number of aromatic amines is 1. The van der Waals surface area contributed by atoms with E-state index in [1.807, 2.05) is 6.20 Å². The number of pyridine rings is 1. The SMILES string of the molecule is Cc1cnc(N2CCCC3(CCNC3=O)C2)c2c1[nH]c1ccccc12. The molecule has 5 heteroatoms. The van der Waals surface area contributed by atoms with Gasteiger partial charge in [0.05, 0.1) is 16.3 Å². The molecule has 4 heterocycles. The summed E-state index contributed by atoms with van der Waals surface area (Å²) < 4.78 is 0. The van der Waals surface area contributed by atoms with Crippen molar-refractivity contribution >= 4 is 33.5 Å². The minimum Gasteiger partial charge on any atom is -0.356 e. The smallest absolute Gasteiger partial charge is 0.228 e. The van der Waals surface area contributed by atoms with Crippen LogP contribution >= 0.6 is 0 Å². The number of nitrogens with zero attached hydrogens (tertiary/aromatic N) is 2. The third-order valence-electron chi connectivity index (χ3n) is 5.95. The van der Waals surface area contributed by atoms with Gasteiger partial charge in [0.2, 0.25) is 5.91 Å². The topological polar surface area (TPSA) is 61.0 Å². The number of para-hydroxylation sites is 1. The first-order valence-electron chi connectivity index (χ1n) is 9.07. The molecule has 3 aromatic rings. The van der Waals surface area contributed by atoms with Crippen LogP contribution in [0.25, 0.3) is 21.8 Å². The third-order valence-corrected chi connectivity index (χ3v) is 5.95. The summed E-state index contributed by atoms with van der Waals surface area (Å²) >= 11 is 0. The number of aryl methyl sites for hydroxylation is 1. The molecule has 2 saturated heterocycles. The van der Waals surface area contributed by atoms with E-state index in [2.05, 4.69) is 46.4 Å². The van der Waals surface area contributed by atoms with Crippen molar-refractivity contribution in [2.75, 3.05) is 24.5 Å². The van der Waals surface area contributed by atoms with E-state index in [0.717, 1.165) is 61.3 Å². The Morgan fingerprint density at radius 3 is 2.96 bits per heavy atom. The molecule has 0 saturated carbocycles. The van der Waals surface area contributed by atoms with Crippen LogP contribution in [0.5, 0.6) is 0 Å². The number of rotatable bonds is 1. The molecule has 0 radical (unpaired) electrons. The molecule has 2 aromatic heterocycles. The number of amides is 1. The second kappa shape index (κ2) is 5.22. The first-order chi connectivity index (χ1) is 12.2. The maximum atomic E-state index is 12.4. The van der Waals surface area contributed by atoms with E-state index in [9.17, 15) is 4.79 Å². The monoisotopic (exact) mass is 334 g/mol. The summed E-state index contributed by atoms with van der Waals surface area (Å²) in [6.45, 7) is 4.62. The fraction of sp³-hybridized carbons (Fsp3) is 0.400. The van der Waals surface area contributed by atoms with Gasteiger partial charge in [0.1, 0.15) is 5.82 Å². The number of carbonyl (C=O) groups is 1. The minimum absolute atomic E-state index is 0.222. The molecule has 1 unspecified atom stereocenters. The van der Waals surface area contributed by atoms with Crippen LogP contribution in [-0.4, -0.2) is 35.5 Å². The normalized spacial score (nSPS) is 23.7. The number of H-pyrrole nitrogens is 1. The number of benzene rings is 1. The van der Waals surface area contributed by atoms with E-state index in [4.69, 9.17) is 4.98 Å². The number of fused-ring (bicyclic) bond motifs is 3. The van der Waals surface area contributed by atoms with Crippen molar-refractivity contribution in [3.63, 3.8) is 0 Å². The number of nitrogens with one attached hydrogen (secondary N) is 2. The maximum Gasteiger partial charge on any atom is 0.228 e. The quantitative estimate of drug-likeness (QED) is 0.719. The van der Waals surface area contributed by atoms with Crippen LogP contribution in [0.3, 0.4) is 0 Å². The molecule has 2 N–H and O–H groups in total. The molecule has 1 aromatic carbocycles. The van der Waals surface area contributed by atoms with Gasteiger partial charge >= 0.3 is 0 Å². The zero-order chi connectivity index (χ0) is 17.0. The number of hydrogen-bond acceptors (Lipinski definition) is 3. The summed E-state index contributed by atoms with van der Waals surface area (Å²) in [7, 11) is 0. The van der Waals surface area contributed by atoms with Gasteiger partial charge in [-0.2, -0.15) is 0 Å². The van der Waals surface area contributed by atoms with Crippen molar-refractivity contribution in [1.29, 1.82) is 0 Å². The van der Waals surface area contributed by atoms with E-state index in [1.54, 1.807) is 0 Å². The highest BCUT2D eigenvalue weighted by Gasteiger charge is 2.45. The van der Waals surface area contributed by atoms with Crippen LogP contribution in [0, 0.1) is 12.3 Å². The predicted octanol–water partition coefficient (Wildman–Crippen LogP) is 3.13. The van der Waals surface area contributed by atoms with Crippen molar-refractivity contribution in [2.24, 2.45) is 5.41 Å². The highest BCUT2D eigenvalue weighted by Crippen LogP contribution is 2.41. The molecule has 2 fully saturated rings. The Kier molecular flexibility index (Phi) is 3.08. The molecule has 2 aliphatic heterocycles. The fourth-order valence-corrected chi connectivity index (χ4v) is 4.62. The minimum atomic E-state index is -0.233.